The van der Waals surface area contributed by atoms with Gasteiger partial charge in [-0.1, -0.05) is 38.2 Å². The quantitative estimate of drug-likeness (QED) is 0.794. The number of rotatable bonds is 6. The number of carbonyl (C=O) groups excluding carboxylic acids is 2. The van der Waals surface area contributed by atoms with E-state index >= 15 is 0 Å². The van der Waals surface area contributed by atoms with Crippen LogP contribution in [-0.4, -0.2) is 41.0 Å². The van der Waals surface area contributed by atoms with E-state index in [1.807, 2.05) is 12.1 Å². The number of likely N-dealkylation sites (tertiary alicyclic amines) is 1. The minimum atomic E-state index is -0.298. The van der Waals surface area contributed by atoms with Crippen molar-refractivity contribution in [3.63, 3.8) is 0 Å². The van der Waals surface area contributed by atoms with Crippen LogP contribution in [0.15, 0.2) is 24.3 Å². The van der Waals surface area contributed by atoms with Gasteiger partial charge in [0.1, 0.15) is 0 Å². The lowest BCUT2D eigenvalue weighted by molar-refractivity contribution is -0.116. The van der Waals surface area contributed by atoms with Gasteiger partial charge in [0.05, 0.1) is 6.10 Å². The first kappa shape index (κ1) is 19.9. The summed E-state index contributed by atoms with van der Waals surface area (Å²) in [6, 6.07) is 7.18. The van der Waals surface area contributed by atoms with E-state index in [1.165, 1.54) is 32.1 Å². The number of hydrogen-bond acceptors (Lipinski definition) is 3. The Morgan fingerprint density at radius 1 is 1.07 bits per heavy atom. The molecule has 1 heterocycles. The molecule has 1 aliphatic carbocycles. The Labute approximate surface area is 162 Å². The minimum Gasteiger partial charge on any atom is -0.393 e. The maximum atomic E-state index is 12.6. The first-order valence-corrected chi connectivity index (χ1v) is 10.5. The van der Waals surface area contributed by atoms with Crippen molar-refractivity contribution in [1.82, 2.24) is 4.90 Å². The van der Waals surface area contributed by atoms with Crippen LogP contribution in [0.5, 0.6) is 0 Å². The molecule has 2 aliphatic rings. The van der Waals surface area contributed by atoms with Gasteiger partial charge >= 0.3 is 0 Å². The first-order valence-electron chi connectivity index (χ1n) is 10.5. The molecule has 5 nitrogen and oxygen atoms in total. The molecule has 1 aromatic carbocycles. The summed E-state index contributed by atoms with van der Waals surface area (Å²) in [5.74, 6) is 0.794. The zero-order valence-electron chi connectivity index (χ0n) is 16.2. The van der Waals surface area contributed by atoms with Gasteiger partial charge < -0.3 is 15.3 Å². The highest BCUT2D eigenvalue weighted by atomic mass is 16.3. The monoisotopic (exact) mass is 372 g/mol. The number of aliphatic hydroxyl groups is 1. The van der Waals surface area contributed by atoms with Gasteiger partial charge in [-0.25, -0.2) is 0 Å². The molecule has 1 saturated heterocycles. The Morgan fingerprint density at radius 2 is 1.81 bits per heavy atom. The normalized spacial score (nSPS) is 19.1. The molecule has 2 amide bonds. The van der Waals surface area contributed by atoms with Crippen LogP contribution in [-0.2, 0) is 4.79 Å². The van der Waals surface area contributed by atoms with Gasteiger partial charge in [-0.2, -0.15) is 0 Å². The third-order valence-electron chi connectivity index (χ3n) is 5.89. The number of carbonyl (C=O) groups is 2. The van der Waals surface area contributed by atoms with Crippen LogP contribution in [0, 0.1) is 5.92 Å². The van der Waals surface area contributed by atoms with E-state index in [9.17, 15) is 14.7 Å². The maximum Gasteiger partial charge on any atom is 0.253 e. The molecule has 27 heavy (non-hydrogen) atoms. The SMILES string of the molecule is O=C(CCCC1CCCCC1)Nc1cccc(C(=O)N2CCC(O)CC2)c1. The highest BCUT2D eigenvalue weighted by Crippen LogP contribution is 2.27. The van der Waals surface area contributed by atoms with Gasteiger partial charge in [0.25, 0.3) is 5.91 Å². The molecule has 0 aromatic heterocycles. The third kappa shape index (κ3) is 6.06. The second kappa shape index (κ2) is 9.88. The van der Waals surface area contributed by atoms with Crippen molar-refractivity contribution >= 4 is 17.5 Å². The van der Waals surface area contributed by atoms with E-state index in [0.29, 0.717) is 43.6 Å². The van der Waals surface area contributed by atoms with Gasteiger partial charge in [-0.05, 0) is 49.8 Å². The van der Waals surface area contributed by atoms with E-state index in [-0.39, 0.29) is 17.9 Å². The molecule has 148 valence electrons. The van der Waals surface area contributed by atoms with E-state index in [4.69, 9.17) is 0 Å². The second-order valence-corrected chi connectivity index (χ2v) is 8.05. The fraction of sp³-hybridized carbons (Fsp3) is 0.636. The highest BCUT2D eigenvalue weighted by molar-refractivity contribution is 5.97. The molecular formula is C22H32N2O3. The van der Waals surface area contributed by atoms with Crippen molar-refractivity contribution in [3.05, 3.63) is 29.8 Å². The predicted octanol–water partition coefficient (Wildman–Crippen LogP) is 3.97. The summed E-state index contributed by atoms with van der Waals surface area (Å²) in [6.45, 7) is 1.16. The van der Waals surface area contributed by atoms with Crippen LogP contribution in [0.3, 0.4) is 0 Å². The number of amides is 2. The van der Waals surface area contributed by atoms with Crippen molar-refractivity contribution in [3.8, 4) is 0 Å². The predicted molar refractivity (Wildman–Crippen MR) is 107 cm³/mol. The largest absolute Gasteiger partial charge is 0.393 e. The molecule has 0 unspecified atom stereocenters. The number of hydrogen-bond donors (Lipinski definition) is 2. The summed E-state index contributed by atoms with van der Waals surface area (Å²) in [4.78, 5) is 26.6. The molecular weight excluding hydrogens is 340 g/mol. The number of nitrogens with one attached hydrogen (secondary N) is 1. The van der Waals surface area contributed by atoms with Gasteiger partial charge in [0, 0.05) is 30.8 Å². The van der Waals surface area contributed by atoms with Crippen LogP contribution in [0.25, 0.3) is 0 Å². The lowest BCUT2D eigenvalue weighted by atomic mass is 9.86. The Bertz CT molecular complexity index is 632. The van der Waals surface area contributed by atoms with Crippen LogP contribution >= 0.6 is 0 Å². The third-order valence-corrected chi connectivity index (χ3v) is 5.89. The average Bonchev–Trinajstić information content (AvgIpc) is 2.69. The lowest BCUT2D eigenvalue weighted by Crippen LogP contribution is -2.40. The van der Waals surface area contributed by atoms with E-state index in [1.54, 1.807) is 17.0 Å². The summed E-state index contributed by atoms with van der Waals surface area (Å²) in [7, 11) is 0. The average molecular weight is 373 g/mol. The lowest BCUT2D eigenvalue weighted by Gasteiger charge is -2.29. The maximum absolute atomic E-state index is 12.6. The zero-order chi connectivity index (χ0) is 19.1. The Balaban J connectivity index is 1.46. The molecule has 2 fully saturated rings. The molecule has 0 bridgehead atoms. The Hall–Kier alpha value is -1.88. The van der Waals surface area contributed by atoms with Gasteiger partial charge in [0.15, 0.2) is 0 Å². The number of benzene rings is 1. The molecule has 0 atom stereocenters. The fourth-order valence-corrected chi connectivity index (χ4v) is 4.23. The van der Waals surface area contributed by atoms with Crippen molar-refractivity contribution < 1.29 is 14.7 Å². The summed E-state index contributed by atoms with van der Waals surface area (Å²) in [6.07, 6.45) is 10.3. The topological polar surface area (TPSA) is 69.6 Å². The van der Waals surface area contributed by atoms with Crippen molar-refractivity contribution in [2.75, 3.05) is 18.4 Å². The standard InChI is InChI=1S/C22H32N2O3/c25-20-12-14-24(15-13-20)22(27)18-9-5-10-19(16-18)23-21(26)11-4-8-17-6-2-1-3-7-17/h5,9-10,16-17,20,25H,1-4,6-8,11-15H2,(H,23,26). The van der Waals surface area contributed by atoms with Gasteiger partial charge in [0.2, 0.25) is 5.91 Å². The number of piperidine rings is 1. The molecule has 2 N–H and O–H groups in total. The van der Waals surface area contributed by atoms with Gasteiger partial charge in [-0.3, -0.25) is 9.59 Å². The number of anilines is 1. The zero-order valence-corrected chi connectivity index (χ0v) is 16.2. The van der Waals surface area contributed by atoms with Crippen molar-refractivity contribution in [2.45, 2.75) is 70.3 Å². The fourth-order valence-electron chi connectivity index (χ4n) is 4.23. The highest BCUT2D eigenvalue weighted by Gasteiger charge is 2.22. The summed E-state index contributed by atoms with van der Waals surface area (Å²) < 4.78 is 0. The number of aliphatic hydroxyl groups excluding tert-OH is 1. The second-order valence-electron chi connectivity index (χ2n) is 8.05. The molecule has 0 radical (unpaired) electrons. The van der Waals surface area contributed by atoms with Crippen LogP contribution in [0.2, 0.25) is 0 Å². The molecule has 1 aromatic rings. The summed E-state index contributed by atoms with van der Waals surface area (Å²) >= 11 is 0. The van der Waals surface area contributed by atoms with Crippen LogP contribution in [0.1, 0.15) is 74.6 Å². The first-order chi connectivity index (χ1) is 13.1. The minimum absolute atomic E-state index is 0.0245. The van der Waals surface area contributed by atoms with E-state index in [2.05, 4.69) is 5.32 Å². The van der Waals surface area contributed by atoms with E-state index in [0.717, 1.165) is 18.8 Å². The smallest absolute Gasteiger partial charge is 0.253 e. The summed E-state index contributed by atoms with van der Waals surface area (Å²) in [5.41, 5.74) is 1.27. The molecule has 5 heteroatoms. The Morgan fingerprint density at radius 3 is 2.56 bits per heavy atom. The molecule has 1 aliphatic heterocycles. The van der Waals surface area contributed by atoms with Crippen LogP contribution < -0.4 is 5.32 Å². The van der Waals surface area contributed by atoms with Crippen molar-refractivity contribution in [2.24, 2.45) is 5.92 Å². The van der Waals surface area contributed by atoms with Crippen molar-refractivity contribution in [1.29, 1.82) is 0 Å². The van der Waals surface area contributed by atoms with Crippen LogP contribution in [0.4, 0.5) is 5.69 Å². The number of nitrogens with zero attached hydrogens (tertiary/aromatic N) is 1. The molecule has 3 rings (SSSR count). The van der Waals surface area contributed by atoms with E-state index < -0.39 is 0 Å². The molecule has 0 spiro atoms. The Kier molecular flexibility index (Phi) is 7.27. The summed E-state index contributed by atoms with van der Waals surface area (Å²) in [5, 5.41) is 12.5. The molecule has 1 saturated carbocycles. The van der Waals surface area contributed by atoms with Gasteiger partial charge in [-0.15, -0.1) is 0 Å².